The second-order valence-electron chi connectivity index (χ2n) is 5.01. The molecule has 7 nitrogen and oxygen atoms in total. The van der Waals surface area contributed by atoms with Crippen molar-refractivity contribution in [2.75, 3.05) is 27.2 Å². The summed E-state index contributed by atoms with van der Waals surface area (Å²) in [5.41, 5.74) is 0.0459. The minimum absolute atomic E-state index is 0.0459. The molecule has 0 radical (unpaired) electrons. The smallest absolute Gasteiger partial charge is 0.497 e. The number of benzene rings is 1. The Bertz CT molecular complexity index is 588. The van der Waals surface area contributed by atoms with Gasteiger partial charge in [-0.3, -0.25) is 19.3 Å². The number of nitrogens with zero attached hydrogens (tertiary/aromatic N) is 1. The molecular formula is C14H15BFNO6. The van der Waals surface area contributed by atoms with Gasteiger partial charge in [0.15, 0.2) is 5.78 Å². The fourth-order valence-corrected chi connectivity index (χ4v) is 2.01. The fourth-order valence-electron chi connectivity index (χ4n) is 2.01. The molecule has 1 saturated heterocycles. The van der Waals surface area contributed by atoms with Crippen molar-refractivity contribution in [2.45, 2.75) is 6.07 Å². The highest BCUT2D eigenvalue weighted by Crippen LogP contribution is 2.16. The molecule has 1 atom stereocenters. The Hall–Kier alpha value is -2.42. The van der Waals surface area contributed by atoms with Crippen LogP contribution < -0.4 is 4.74 Å². The molecule has 0 N–H and O–H groups in total. The molecule has 1 aromatic rings. The van der Waals surface area contributed by atoms with Crippen molar-refractivity contribution < 1.29 is 32.8 Å². The fraction of sp³-hybridized carbons (Fsp3) is 0.357. The third-order valence-electron chi connectivity index (χ3n) is 3.16. The number of ether oxygens (including phenoxy) is 1. The average Bonchev–Trinajstić information content (AvgIpc) is 2.51. The Balaban J connectivity index is 2.12. The van der Waals surface area contributed by atoms with E-state index in [-0.39, 0.29) is 18.7 Å². The van der Waals surface area contributed by atoms with E-state index in [0.717, 1.165) is 0 Å². The largest absolute Gasteiger partial charge is 0.644 e. The maximum absolute atomic E-state index is 14.4. The molecule has 0 unspecified atom stereocenters. The SMILES string of the molecule is COc1ccc(C(=O)[C@H](F)B2OC(=O)CN(C)CC(=O)O2)cc1. The molecule has 1 aliphatic heterocycles. The van der Waals surface area contributed by atoms with Crippen LogP contribution in [0.25, 0.3) is 0 Å². The molecule has 0 amide bonds. The lowest BCUT2D eigenvalue weighted by atomic mass is 9.77. The van der Waals surface area contributed by atoms with Gasteiger partial charge in [0.05, 0.1) is 20.2 Å². The number of likely N-dealkylation sites (N-methyl/N-ethyl adjacent to an activating group) is 1. The molecule has 0 bridgehead atoms. The molecular weight excluding hydrogens is 308 g/mol. The van der Waals surface area contributed by atoms with E-state index in [1.165, 1.54) is 43.3 Å². The molecule has 9 heteroatoms. The number of alkyl halides is 1. The van der Waals surface area contributed by atoms with Crippen LogP contribution in [0.4, 0.5) is 4.39 Å². The Kier molecular flexibility index (Phi) is 5.33. The Morgan fingerprint density at radius 1 is 1.22 bits per heavy atom. The van der Waals surface area contributed by atoms with Crippen molar-refractivity contribution >= 4 is 24.8 Å². The molecule has 0 aliphatic carbocycles. The number of hydrogen-bond donors (Lipinski definition) is 0. The summed E-state index contributed by atoms with van der Waals surface area (Å²) in [6, 6.07) is 5.72. The second-order valence-corrected chi connectivity index (χ2v) is 5.01. The summed E-state index contributed by atoms with van der Waals surface area (Å²) in [6.45, 7) is -0.399. The first-order chi connectivity index (χ1) is 10.9. The standard InChI is InChI=1S/C14H15BFNO6/c1-17-7-11(18)22-15(23-12(19)8-17)14(16)13(20)9-3-5-10(21-2)6-4-9/h3-6,14H,7-8H2,1-2H3/t14-/m0/s1. The topological polar surface area (TPSA) is 82.1 Å². The van der Waals surface area contributed by atoms with Crippen LogP contribution >= 0.6 is 0 Å². The number of halogens is 1. The molecule has 1 aromatic carbocycles. The molecule has 0 saturated carbocycles. The minimum atomic E-state index is -2.31. The maximum Gasteiger partial charge on any atom is 0.644 e. The van der Waals surface area contributed by atoms with E-state index in [4.69, 9.17) is 14.0 Å². The highest BCUT2D eigenvalue weighted by molar-refractivity contribution is 6.56. The van der Waals surface area contributed by atoms with Crippen LogP contribution in [0, 0.1) is 0 Å². The van der Waals surface area contributed by atoms with Crippen molar-refractivity contribution in [1.82, 2.24) is 4.90 Å². The molecule has 1 heterocycles. The third-order valence-corrected chi connectivity index (χ3v) is 3.16. The number of rotatable bonds is 4. The summed E-state index contributed by atoms with van der Waals surface area (Å²) in [4.78, 5) is 36.6. The summed E-state index contributed by atoms with van der Waals surface area (Å²) < 4.78 is 28.8. The summed E-state index contributed by atoms with van der Waals surface area (Å²) in [5.74, 6) is -2.01. The van der Waals surface area contributed by atoms with E-state index in [9.17, 15) is 18.8 Å². The maximum atomic E-state index is 14.4. The molecule has 1 aliphatic rings. The van der Waals surface area contributed by atoms with Crippen LogP contribution in [0.1, 0.15) is 10.4 Å². The zero-order valence-electron chi connectivity index (χ0n) is 12.7. The molecule has 0 aromatic heterocycles. The predicted molar refractivity (Wildman–Crippen MR) is 77.7 cm³/mol. The lowest BCUT2D eigenvalue weighted by molar-refractivity contribution is -0.146. The van der Waals surface area contributed by atoms with Crippen LogP contribution in [0.5, 0.6) is 5.75 Å². The Morgan fingerprint density at radius 3 is 2.22 bits per heavy atom. The lowest BCUT2D eigenvalue weighted by Gasteiger charge is -2.23. The van der Waals surface area contributed by atoms with Crippen molar-refractivity contribution in [2.24, 2.45) is 0 Å². The highest BCUT2D eigenvalue weighted by atomic mass is 19.1. The van der Waals surface area contributed by atoms with Gasteiger partial charge in [-0.1, -0.05) is 0 Å². The molecule has 0 spiro atoms. The molecule has 122 valence electrons. The van der Waals surface area contributed by atoms with Gasteiger partial charge >= 0.3 is 19.1 Å². The summed E-state index contributed by atoms with van der Waals surface area (Å²) in [7, 11) is 1.08. The number of methoxy groups -OCH3 is 1. The van der Waals surface area contributed by atoms with Gasteiger partial charge in [-0.25, -0.2) is 4.39 Å². The minimum Gasteiger partial charge on any atom is -0.497 e. The van der Waals surface area contributed by atoms with E-state index in [2.05, 4.69) is 0 Å². The summed E-state index contributed by atoms with van der Waals surface area (Å²) in [6.07, 6.45) is -2.31. The van der Waals surface area contributed by atoms with E-state index in [0.29, 0.717) is 5.75 Å². The van der Waals surface area contributed by atoms with Gasteiger partial charge in [0, 0.05) is 5.56 Å². The zero-order chi connectivity index (χ0) is 17.0. The van der Waals surface area contributed by atoms with Gasteiger partial charge in [0.2, 0.25) is 6.07 Å². The third kappa shape index (κ3) is 4.29. The second kappa shape index (κ2) is 7.23. The van der Waals surface area contributed by atoms with Crippen molar-refractivity contribution in [1.29, 1.82) is 0 Å². The first-order valence-electron chi connectivity index (χ1n) is 6.80. The Labute approximate surface area is 132 Å². The van der Waals surface area contributed by atoms with E-state index >= 15 is 0 Å². The number of carbonyl (C=O) groups is 3. The van der Waals surface area contributed by atoms with Crippen LogP contribution in [0.3, 0.4) is 0 Å². The highest BCUT2D eigenvalue weighted by Gasteiger charge is 2.44. The average molecular weight is 323 g/mol. The van der Waals surface area contributed by atoms with Gasteiger partial charge < -0.3 is 14.0 Å². The molecule has 1 fully saturated rings. The van der Waals surface area contributed by atoms with Crippen LogP contribution in [0.15, 0.2) is 24.3 Å². The van der Waals surface area contributed by atoms with E-state index in [1.807, 2.05) is 0 Å². The number of Topliss-reactive ketones (excluding diaryl/α,β-unsaturated/α-hetero) is 1. The van der Waals surface area contributed by atoms with E-state index in [1.54, 1.807) is 0 Å². The number of ketones is 1. The van der Waals surface area contributed by atoms with Gasteiger partial charge in [-0.05, 0) is 31.3 Å². The van der Waals surface area contributed by atoms with Gasteiger partial charge in [0.1, 0.15) is 5.75 Å². The first-order valence-corrected chi connectivity index (χ1v) is 6.80. The van der Waals surface area contributed by atoms with E-state index < -0.39 is 30.9 Å². The van der Waals surface area contributed by atoms with Crippen molar-refractivity contribution in [3.8, 4) is 5.75 Å². The van der Waals surface area contributed by atoms with Crippen molar-refractivity contribution in [3.05, 3.63) is 29.8 Å². The van der Waals surface area contributed by atoms with Crippen LogP contribution in [-0.4, -0.2) is 63.1 Å². The number of hydrogen-bond acceptors (Lipinski definition) is 7. The molecule has 23 heavy (non-hydrogen) atoms. The lowest BCUT2D eigenvalue weighted by Crippen LogP contribution is -2.48. The monoisotopic (exact) mass is 323 g/mol. The first kappa shape index (κ1) is 16.9. The van der Waals surface area contributed by atoms with Crippen molar-refractivity contribution in [3.63, 3.8) is 0 Å². The summed E-state index contributed by atoms with van der Waals surface area (Å²) in [5, 5.41) is 0. The molecule has 2 rings (SSSR count). The van der Waals surface area contributed by atoms with Gasteiger partial charge in [-0.2, -0.15) is 0 Å². The predicted octanol–water partition coefficient (Wildman–Crippen LogP) is 0.275. The summed E-state index contributed by atoms with van der Waals surface area (Å²) >= 11 is 0. The normalized spacial score (nSPS) is 17.6. The quantitative estimate of drug-likeness (QED) is 0.581. The number of carbonyl (C=O) groups excluding carboxylic acids is 3. The van der Waals surface area contributed by atoms with Crippen LogP contribution in [-0.2, 0) is 18.9 Å². The van der Waals surface area contributed by atoms with Crippen LogP contribution in [0.2, 0.25) is 0 Å². The zero-order valence-corrected chi connectivity index (χ0v) is 12.7. The Morgan fingerprint density at radius 2 is 1.74 bits per heavy atom. The van der Waals surface area contributed by atoms with Gasteiger partial charge in [0.25, 0.3) is 0 Å². The van der Waals surface area contributed by atoms with Gasteiger partial charge in [-0.15, -0.1) is 0 Å².